The lowest BCUT2D eigenvalue weighted by Gasteiger charge is -2.18. The molecule has 0 spiro atoms. The number of nitrogens with two attached hydrogens (primary N) is 2. The number of carboxylic acids is 1. The summed E-state index contributed by atoms with van der Waals surface area (Å²) in [5.41, 5.74) is 10.6. The third-order valence-electron chi connectivity index (χ3n) is 2.97. The van der Waals surface area contributed by atoms with E-state index in [1.807, 2.05) is 0 Å². The van der Waals surface area contributed by atoms with Crippen LogP contribution in [-0.2, 0) is 19.2 Å². The Bertz CT molecular complexity index is 445. The molecular weight excluding hydrogens is 322 g/mol. The van der Waals surface area contributed by atoms with Crippen LogP contribution in [0.15, 0.2) is 0 Å². The zero-order valence-electron chi connectivity index (χ0n) is 13.3. The largest absolute Gasteiger partial charge is 0.480 e. The number of aliphatic hydroxyl groups is 1. The molecule has 0 radical (unpaired) electrons. The summed E-state index contributed by atoms with van der Waals surface area (Å²) in [5, 5.41) is 24.1. The number of hydrogen-bond acceptors (Lipinski definition) is 7. The summed E-state index contributed by atoms with van der Waals surface area (Å²) >= 11 is 0. The van der Waals surface area contributed by atoms with E-state index in [-0.39, 0.29) is 6.42 Å². The number of rotatable bonds is 12. The molecule has 2 unspecified atom stereocenters. The molecule has 0 aliphatic rings. The van der Waals surface area contributed by atoms with Crippen molar-refractivity contribution in [2.45, 2.75) is 31.3 Å². The Morgan fingerprint density at radius 1 is 1.00 bits per heavy atom. The molecule has 0 aliphatic carbocycles. The van der Waals surface area contributed by atoms with Gasteiger partial charge in [-0.3, -0.25) is 19.2 Å². The molecule has 3 amide bonds. The van der Waals surface area contributed by atoms with E-state index in [1.54, 1.807) is 0 Å². The van der Waals surface area contributed by atoms with Gasteiger partial charge in [-0.05, 0) is 25.8 Å². The molecule has 9 N–H and O–H groups in total. The van der Waals surface area contributed by atoms with Gasteiger partial charge in [0.1, 0.15) is 18.6 Å². The van der Waals surface area contributed by atoms with Gasteiger partial charge in [-0.2, -0.15) is 0 Å². The molecule has 0 saturated carbocycles. The van der Waals surface area contributed by atoms with Crippen LogP contribution in [0.1, 0.15) is 19.3 Å². The molecule has 24 heavy (non-hydrogen) atoms. The standard InChI is InChI=1S/C13H25N5O6/c14-4-2-1-3-9(13(24)17-6-11(21)22)18-10(20)5-16-12(23)8(15)7-19/h8-9,19H,1-7,14-15H2,(H,16,23)(H,17,24)(H,18,20)(H,21,22). The Morgan fingerprint density at radius 3 is 2.17 bits per heavy atom. The first-order valence-electron chi connectivity index (χ1n) is 7.44. The van der Waals surface area contributed by atoms with Crippen molar-refractivity contribution in [1.82, 2.24) is 16.0 Å². The summed E-state index contributed by atoms with van der Waals surface area (Å²) in [5.74, 6) is -3.19. The van der Waals surface area contributed by atoms with Crippen molar-refractivity contribution in [3.05, 3.63) is 0 Å². The lowest BCUT2D eigenvalue weighted by molar-refractivity contribution is -0.138. The Balaban J connectivity index is 4.50. The minimum atomic E-state index is -1.21. The number of amides is 3. The van der Waals surface area contributed by atoms with Crippen LogP contribution in [0, 0.1) is 0 Å². The normalized spacial score (nSPS) is 12.8. The van der Waals surface area contributed by atoms with E-state index < -0.39 is 55.5 Å². The van der Waals surface area contributed by atoms with Crippen LogP contribution in [0.4, 0.5) is 0 Å². The van der Waals surface area contributed by atoms with Gasteiger partial charge in [-0.1, -0.05) is 0 Å². The first-order chi connectivity index (χ1) is 11.3. The van der Waals surface area contributed by atoms with E-state index in [0.717, 1.165) is 0 Å². The van der Waals surface area contributed by atoms with Gasteiger partial charge in [0.2, 0.25) is 17.7 Å². The minimum absolute atomic E-state index is 0.276. The fourth-order valence-electron chi connectivity index (χ4n) is 1.67. The number of unbranched alkanes of at least 4 members (excludes halogenated alkanes) is 1. The monoisotopic (exact) mass is 347 g/mol. The van der Waals surface area contributed by atoms with Crippen LogP contribution < -0.4 is 27.4 Å². The van der Waals surface area contributed by atoms with Crippen LogP contribution in [0.3, 0.4) is 0 Å². The predicted octanol–water partition coefficient (Wildman–Crippen LogP) is -3.76. The topological polar surface area (TPSA) is 197 Å². The van der Waals surface area contributed by atoms with E-state index in [9.17, 15) is 19.2 Å². The van der Waals surface area contributed by atoms with Gasteiger partial charge in [0.15, 0.2) is 0 Å². The summed E-state index contributed by atoms with van der Waals surface area (Å²) in [6.45, 7) is -1.13. The molecule has 0 rings (SSSR count). The predicted molar refractivity (Wildman–Crippen MR) is 83.6 cm³/mol. The number of nitrogens with one attached hydrogen (secondary N) is 3. The van der Waals surface area contributed by atoms with E-state index in [0.29, 0.717) is 19.4 Å². The quantitative estimate of drug-likeness (QED) is 0.175. The van der Waals surface area contributed by atoms with Gasteiger partial charge in [-0.25, -0.2) is 0 Å². The molecule has 0 aromatic carbocycles. The first kappa shape index (κ1) is 21.8. The second-order valence-electron chi connectivity index (χ2n) is 5.02. The molecule has 0 aromatic heterocycles. The van der Waals surface area contributed by atoms with Crippen molar-refractivity contribution in [3.8, 4) is 0 Å². The molecule has 0 saturated heterocycles. The first-order valence-corrected chi connectivity index (χ1v) is 7.44. The van der Waals surface area contributed by atoms with Crippen LogP contribution in [0.25, 0.3) is 0 Å². The number of aliphatic hydroxyl groups excluding tert-OH is 1. The molecule has 0 heterocycles. The fourth-order valence-corrected chi connectivity index (χ4v) is 1.67. The average molecular weight is 347 g/mol. The molecule has 11 heteroatoms. The van der Waals surface area contributed by atoms with Crippen LogP contribution in [0.5, 0.6) is 0 Å². The molecule has 0 bridgehead atoms. The maximum absolute atomic E-state index is 11.9. The van der Waals surface area contributed by atoms with Crippen LogP contribution in [-0.4, -0.2) is 72.2 Å². The Hall–Kier alpha value is -2.24. The molecular formula is C13H25N5O6. The van der Waals surface area contributed by atoms with Crippen molar-refractivity contribution in [3.63, 3.8) is 0 Å². The highest BCUT2D eigenvalue weighted by molar-refractivity contribution is 5.91. The Morgan fingerprint density at radius 2 is 1.62 bits per heavy atom. The smallest absolute Gasteiger partial charge is 0.322 e. The molecule has 0 aromatic rings. The van der Waals surface area contributed by atoms with Gasteiger partial charge >= 0.3 is 5.97 Å². The minimum Gasteiger partial charge on any atom is -0.480 e. The molecule has 2 atom stereocenters. The van der Waals surface area contributed by atoms with E-state index in [2.05, 4.69) is 16.0 Å². The van der Waals surface area contributed by atoms with Crippen molar-refractivity contribution in [2.24, 2.45) is 11.5 Å². The number of carbonyl (C=O) groups is 4. The molecule has 138 valence electrons. The third kappa shape index (κ3) is 9.71. The number of aliphatic carboxylic acids is 1. The van der Waals surface area contributed by atoms with Crippen molar-refractivity contribution in [1.29, 1.82) is 0 Å². The Kier molecular flexibility index (Phi) is 11.1. The van der Waals surface area contributed by atoms with E-state index in [4.69, 9.17) is 21.7 Å². The van der Waals surface area contributed by atoms with Gasteiger partial charge in [0.25, 0.3) is 0 Å². The highest BCUT2D eigenvalue weighted by atomic mass is 16.4. The van der Waals surface area contributed by atoms with Gasteiger partial charge in [0, 0.05) is 0 Å². The zero-order chi connectivity index (χ0) is 18.5. The number of carbonyl (C=O) groups excluding carboxylic acids is 3. The Labute approximate surface area is 139 Å². The van der Waals surface area contributed by atoms with Gasteiger partial charge in [-0.15, -0.1) is 0 Å². The van der Waals surface area contributed by atoms with E-state index >= 15 is 0 Å². The zero-order valence-corrected chi connectivity index (χ0v) is 13.3. The van der Waals surface area contributed by atoms with E-state index in [1.165, 1.54) is 0 Å². The highest BCUT2D eigenvalue weighted by Crippen LogP contribution is 2.01. The second kappa shape index (κ2) is 12.2. The van der Waals surface area contributed by atoms with Gasteiger partial charge < -0.3 is 37.6 Å². The lowest BCUT2D eigenvalue weighted by atomic mass is 10.1. The van der Waals surface area contributed by atoms with Crippen LogP contribution in [0.2, 0.25) is 0 Å². The second-order valence-corrected chi connectivity index (χ2v) is 5.02. The lowest BCUT2D eigenvalue weighted by Crippen LogP contribution is -2.51. The fraction of sp³-hybridized carbons (Fsp3) is 0.692. The average Bonchev–Trinajstić information content (AvgIpc) is 2.55. The maximum Gasteiger partial charge on any atom is 0.322 e. The summed E-state index contributed by atoms with van der Waals surface area (Å²) in [7, 11) is 0. The number of hydrogen-bond donors (Lipinski definition) is 7. The maximum atomic E-state index is 11.9. The van der Waals surface area contributed by atoms with Gasteiger partial charge in [0.05, 0.1) is 13.2 Å². The SMILES string of the molecule is NCCCCC(NC(=O)CNC(=O)C(N)CO)C(=O)NCC(=O)O. The highest BCUT2D eigenvalue weighted by Gasteiger charge is 2.21. The van der Waals surface area contributed by atoms with Crippen LogP contribution >= 0.6 is 0 Å². The summed E-state index contributed by atoms with van der Waals surface area (Å²) in [6, 6.07) is -2.08. The number of carboxylic acid groups (broad SMARTS) is 1. The van der Waals surface area contributed by atoms with Crippen molar-refractivity contribution in [2.75, 3.05) is 26.2 Å². The molecule has 0 fully saturated rings. The third-order valence-corrected chi connectivity index (χ3v) is 2.97. The molecule has 0 aliphatic heterocycles. The summed E-state index contributed by atoms with van der Waals surface area (Å²) in [6.07, 6.45) is 1.48. The summed E-state index contributed by atoms with van der Waals surface area (Å²) in [4.78, 5) is 45.5. The van der Waals surface area contributed by atoms with Crippen molar-refractivity contribution >= 4 is 23.7 Å². The summed E-state index contributed by atoms with van der Waals surface area (Å²) < 4.78 is 0. The molecule has 11 nitrogen and oxygen atoms in total. The van der Waals surface area contributed by atoms with Crippen molar-refractivity contribution < 1.29 is 29.4 Å².